The Labute approximate surface area is 177 Å². The molecule has 3 rings (SSSR count). The molecule has 0 aromatic heterocycles. The minimum absolute atomic E-state index is 0.0111. The van der Waals surface area contributed by atoms with Gasteiger partial charge in [0.2, 0.25) is 11.8 Å². The van der Waals surface area contributed by atoms with Gasteiger partial charge in [-0.1, -0.05) is 11.6 Å². The molecule has 1 heterocycles. The number of nitrogens with one attached hydrogen (secondary N) is 2. The van der Waals surface area contributed by atoms with E-state index >= 15 is 0 Å². The molecule has 2 amide bonds. The van der Waals surface area contributed by atoms with Gasteiger partial charge in [0, 0.05) is 28.5 Å². The Hall–Kier alpha value is -2.10. The van der Waals surface area contributed by atoms with Crippen LogP contribution in [0.3, 0.4) is 0 Å². The van der Waals surface area contributed by atoms with Crippen LogP contribution in [-0.2, 0) is 19.4 Å². The number of hydrogen-bond acceptors (Lipinski definition) is 5. The van der Waals surface area contributed by atoms with Gasteiger partial charge >= 0.3 is 0 Å². The number of hydrogen-bond donors (Lipinski definition) is 2. The number of thioether (sulfide) groups is 1. The van der Waals surface area contributed by atoms with E-state index in [1.807, 2.05) is 0 Å². The lowest BCUT2D eigenvalue weighted by atomic mass is 10.2. The molecule has 0 saturated heterocycles. The van der Waals surface area contributed by atoms with E-state index in [-0.39, 0.29) is 27.9 Å². The fraction of sp³-hybridized carbons (Fsp3) is 0.263. The fourth-order valence-electron chi connectivity index (χ4n) is 2.77. The van der Waals surface area contributed by atoms with Crippen LogP contribution in [0.25, 0.3) is 0 Å². The summed E-state index contributed by atoms with van der Waals surface area (Å²) in [7, 11) is -3.84. The predicted octanol–water partition coefficient (Wildman–Crippen LogP) is 4.10. The van der Waals surface area contributed by atoms with E-state index in [0.717, 1.165) is 11.0 Å². The van der Waals surface area contributed by atoms with Crippen molar-refractivity contribution in [2.24, 2.45) is 0 Å². The third kappa shape index (κ3) is 5.09. The normalized spacial score (nSPS) is 15.1. The van der Waals surface area contributed by atoms with Crippen molar-refractivity contribution in [2.75, 3.05) is 16.4 Å². The zero-order valence-corrected chi connectivity index (χ0v) is 17.8. The quantitative estimate of drug-likeness (QED) is 0.706. The van der Waals surface area contributed by atoms with Gasteiger partial charge in [-0.05, 0) is 43.3 Å². The summed E-state index contributed by atoms with van der Waals surface area (Å²) < 4.78 is 39.6. The van der Waals surface area contributed by atoms with Crippen molar-refractivity contribution >= 4 is 56.4 Å². The van der Waals surface area contributed by atoms with Crippen LogP contribution in [0.4, 0.5) is 15.8 Å². The Kier molecular flexibility index (Phi) is 6.50. The number of anilines is 2. The lowest BCUT2D eigenvalue weighted by molar-refractivity contribution is -0.116. The Balaban J connectivity index is 1.75. The minimum Gasteiger partial charge on any atom is -0.325 e. The van der Waals surface area contributed by atoms with Crippen LogP contribution in [0, 0.1) is 5.82 Å². The zero-order valence-electron chi connectivity index (χ0n) is 15.4. The summed E-state index contributed by atoms with van der Waals surface area (Å²) >= 11 is 7.14. The van der Waals surface area contributed by atoms with Gasteiger partial charge in [0.05, 0.1) is 21.5 Å². The average Bonchev–Trinajstić information content (AvgIpc) is 2.83. The highest BCUT2D eigenvalue weighted by molar-refractivity contribution is 7.99. The van der Waals surface area contributed by atoms with Crippen LogP contribution >= 0.6 is 23.4 Å². The van der Waals surface area contributed by atoms with Crippen molar-refractivity contribution in [3.05, 3.63) is 47.2 Å². The molecule has 6 nitrogen and oxygen atoms in total. The molecule has 1 atom stereocenters. The lowest BCUT2D eigenvalue weighted by Crippen LogP contribution is -2.25. The van der Waals surface area contributed by atoms with Crippen LogP contribution in [0.5, 0.6) is 0 Å². The number of carbonyl (C=O) groups excluding carboxylic acids is 2. The molecule has 10 heteroatoms. The zero-order chi connectivity index (χ0) is 21.2. The van der Waals surface area contributed by atoms with Gasteiger partial charge in [-0.2, -0.15) is 0 Å². The van der Waals surface area contributed by atoms with Gasteiger partial charge in [0.25, 0.3) is 0 Å². The standard InChI is InChI=1S/C19H18ClFN2O4S2/c1-11(8-19(25)22-15-4-2-12(20)9-14(15)21)29(26,27)13-3-5-17-16(10-13)23-18(24)6-7-28-17/h2-5,9-11H,6-8H2,1H3,(H,22,25)(H,23,24)/t11-/m0/s1. The van der Waals surface area contributed by atoms with Crippen LogP contribution in [0.15, 0.2) is 46.2 Å². The van der Waals surface area contributed by atoms with Crippen LogP contribution in [0.2, 0.25) is 5.02 Å². The van der Waals surface area contributed by atoms with E-state index in [9.17, 15) is 22.4 Å². The summed E-state index contributed by atoms with van der Waals surface area (Å²) in [5.74, 6) is -0.910. The number of halogens is 2. The number of rotatable bonds is 5. The van der Waals surface area contributed by atoms with Crippen molar-refractivity contribution in [1.82, 2.24) is 0 Å². The maximum Gasteiger partial charge on any atom is 0.225 e. The second-order valence-corrected chi connectivity index (χ2v) is 10.5. The topological polar surface area (TPSA) is 92.3 Å². The summed E-state index contributed by atoms with van der Waals surface area (Å²) in [4.78, 5) is 24.8. The first-order valence-corrected chi connectivity index (χ1v) is 11.6. The third-order valence-electron chi connectivity index (χ3n) is 4.35. The highest BCUT2D eigenvalue weighted by Gasteiger charge is 2.27. The molecule has 2 N–H and O–H groups in total. The first-order valence-electron chi connectivity index (χ1n) is 8.72. The molecule has 2 aromatic rings. The van der Waals surface area contributed by atoms with E-state index in [1.54, 1.807) is 6.07 Å². The Morgan fingerprint density at radius 2 is 2.07 bits per heavy atom. The van der Waals surface area contributed by atoms with Gasteiger partial charge < -0.3 is 10.6 Å². The molecule has 154 valence electrons. The summed E-state index contributed by atoms with van der Waals surface area (Å²) in [5, 5.41) is 4.19. The van der Waals surface area contributed by atoms with Crippen LogP contribution in [0.1, 0.15) is 19.8 Å². The Bertz CT molecular complexity index is 1080. The first kappa shape index (κ1) is 21.6. The van der Waals surface area contributed by atoms with Crippen LogP contribution < -0.4 is 10.6 Å². The molecule has 0 aliphatic carbocycles. The van der Waals surface area contributed by atoms with Crippen molar-refractivity contribution < 1.29 is 22.4 Å². The molecule has 0 bridgehead atoms. The predicted molar refractivity (Wildman–Crippen MR) is 112 cm³/mol. The van der Waals surface area contributed by atoms with Crippen LogP contribution in [-0.4, -0.2) is 31.2 Å². The van der Waals surface area contributed by atoms with Crippen molar-refractivity contribution in [3.63, 3.8) is 0 Å². The summed E-state index contributed by atoms with van der Waals surface area (Å²) in [6.45, 7) is 1.41. The molecule has 0 unspecified atom stereocenters. The smallest absolute Gasteiger partial charge is 0.225 e. The number of amides is 2. The number of carbonyl (C=O) groups is 2. The van der Waals surface area contributed by atoms with E-state index in [0.29, 0.717) is 17.9 Å². The van der Waals surface area contributed by atoms with Gasteiger partial charge in [0.1, 0.15) is 5.82 Å². The van der Waals surface area contributed by atoms with E-state index in [4.69, 9.17) is 11.6 Å². The molecule has 0 radical (unpaired) electrons. The van der Waals surface area contributed by atoms with Crippen molar-refractivity contribution in [3.8, 4) is 0 Å². The van der Waals surface area contributed by atoms with Crippen molar-refractivity contribution in [1.29, 1.82) is 0 Å². The summed E-state index contributed by atoms with van der Waals surface area (Å²) in [5.41, 5.74) is 0.368. The fourth-order valence-corrected chi connectivity index (χ4v) is 5.24. The number of sulfone groups is 1. The monoisotopic (exact) mass is 456 g/mol. The molecule has 2 aromatic carbocycles. The molecular formula is C19H18ClFN2O4S2. The van der Waals surface area contributed by atoms with Gasteiger partial charge in [0.15, 0.2) is 9.84 Å². The number of benzene rings is 2. The second kappa shape index (κ2) is 8.73. The van der Waals surface area contributed by atoms with E-state index < -0.39 is 26.8 Å². The SMILES string of the molecule is C[C@@H](CC(=O)Nc1ccc(Cl)cc1F)S(=O)(=O)c1ccc2c(c1)NC(=O)CCS2. The highest BCUT2D eigenvalue weighted by atomic mass is 35.5. The summed E-state index contributed by atoms with van der Waals surface area (Å²) in [6, 6.07) is 8.30. The third-order valence-corrected chi connectivity index (χ3v) is 7.80. The molecule has 1 aliphatic rings. The van der Waals surface area contributed by atoms with E-state index in [2.05, 4.69) is 10.6 Å². The van der Waals surface area contributed by atoms with Gasteiger partial charge in [-0.15, -0.1) is 11.8 Å². The molecule has 0 saturated carbocycles. The second-order valence-electron chi connectivity index (χ2n) is 6.54. The largest absolute Gasteiger partial charge is 0.325 e. The Morgan fingerprint density at radius 3 is 2.79 bits per heavy atom. The average molecular weight is 457 g/mol. The Morgan fingerprint density at radius 1 is 1.31 bits per heavy atom. The highest BCUT2D eigenvalue weighted by Crippen LogP contribution is 2.33. The maximum absolute atomic E-state index is 13.8. The van der Waals surface area contributed by atoms with Crippen molar-refractivity contribution in [2.45, 2.75) is 34.8 Å². The maximum atomic E-state index is 13.8. The molecule has 0 spiro atoms. The lowest BCUT2D eigenvalue weighted by Gasteiger charge is -2.15. The first-order chi connectivity index (χ1) is 13.7. The van der Waals surface area contributed by atoms with E-state index in [1.165, 1.54) is 43.0 Å². The summed E-state index contributed by atoms with van der Waals surface area (Å²) in [6.07, 6.45) is -0.0120. The molecular weight excluding hydrogens is 439 g/mol. The number of fused-ring (bicyclic) bond motifs is 1. The van der Waals surface area contributed by atoms with Gasteiger partial charge in [-0.25, -0.2) is 12.8 Å². The minimum atomic E-state index is -3.84. The molecule has 0 fully saturated rings. The van der Waals surface area contributed by atoms with Gasteiger partial charge in [-0.3, -0.25) is 9.59 Å². The molecule has 29 heavy (non-hydrogen) atoms. The molecule has 1 aliphatic heterocycles.